The van der Waals surface area contributed by atoms with Crippen LogP contribution < -0.4 is 10.1 Å². The zero-order valence-electron chi connectivity index (χ0n) is 13.1. The number of carboxylic acid groups (broad SMARTS) is 1. The lowest BCUT2D eigenvalue weighted by Gasteiger charge is -2.16. The van der Waals surface area contributed by atoms with Gasteiger partial charge in [0.05, 0.1) is 19.1 Å². The van der Waals surface area contributed by atoms with Crippen molar-refractivity contribution in [2.45, 2.75) is 31.2 Å². The first-order chi connectivity index (χ1) is 11.6. The first-order valence-electron chi connectivity index (χ1n) is 8.14. The molecule has 1 heterocycles. The average Bonchev–Trinajstić information content (AvgIpc) is 3.13. The zero-order valence-corrected chi connectivity index (χ0v) is 14.7. The van der Waals surface area contributed by atoms with Gasteiger partial charge in [0.1, 0.15) is 5.75 Å². The third-order valence-corrected chi connectivity index (χ3v) is 5.61. The predicted molar refractivity (Wildman–Crippen MR) is 95.8 cm³/mol. The number of carbonyl (C=O) groups is 1. The standard InChI is InChI=1S/C19H18BrNO3/c20-16-3-1-2-15-14(16)6-7-17(15)21-12-4-5-13-11(8-19(22)23)10-24-18(13)9-12/h1-5,9,11,17,21H,6-8,10H2,(H,22,23). The topological polar surface area (TPSA) is 58.6 Å². The number of carboxylic acids is 1. The Kier molecular flexibility index (Phi) is 3.96. The average molecular weight is 388 g/mol. The van der Waals surface area contributed by atoms with E-state index < -0.39 is 5.97 Å². The molecule has 0 bridgehead atoms. The van der Waals surface area contributed by atoms with E-state index in [1.54, 1.807) is 0 Å². The summed E-state index contributed by atoms with van der Waals surface area (Å²) in [5.41, 5.74) is 4.74. The van der Waals surface area contributed by atoms with Crippen molar-refractivity contribution in [2.75, 3.05) is 11.9 Å². The smallest absolute Gasteiger partial charge is 0.304 e. The lowest BCUT2D eigenvalue weighted by atomic mass is 9.97. The number of nitrogens with one attached hydrogen (secondary N) is 1. The Bertz CT molecular complexity index is 805. The van der Waals surface area contributed by atoms with Crippen LogP contribution in [0.5, 0.6) is 5.75 Å². The highest BCUT2D eigenvalue weighted by Crippen LogP contribution is 2.41. The van der Waals surface area contributed by atoms with Crippen LogP contribution in [0.15, 0.2) is 40.9 Å². The van der Waals surface area contributed by atoms with Crippen LogP contribution in [0.3, 0.4) is 0 Å². The molecule has 24 heavy (non-hydrogen) atoms. The molecule has 1 aliphatic heterocycles. The van der Waals surface area contributed by atoms with Crippen molar-refractivity contribution in [1.29, 1.82) is 0 Å². The van der Waals surface area contributed by atoms with E-state index in [9.17, 15) is 4.79 Å². The summed E-state index contributed by atoms with van der Waals surface area (Å²) in [6.45, 7) is 0.449. The van der Waals surface area contributed by atoms with Gasteiger partial charge in [-0.2, -0.15) is 0 Å². The lowest BCUT2D eigenvalue weighted by Crippen LogP contribution is -2.07. The molecule has 2 aromatic carbocycles. The Balaban J connectivity index is 1.54. The summed E-state index contributed by atoms with van der Waals surface area (Å²) in [5, 5.41) is 12.6. The van der Waals surface area contributed by atoms with Crippen LogP contribution in [0.1, 0.15) is 41.5 Å². The van der Waals surface area contributed by atoms with Gasteiger partial charge >= 0.3 is 5.97 Å². The van der Waals surface area contributed by atoms with Crippen LogP contribution in [-0.4, -0.2) is 17.7 Å². The largest absolute Gasteiger partial charge is 0.493 e. The molecule has 5 heteroatoms. The van der Waals surface area contributed by atoms with Gasteiger partial charge in [-0.25, -0.2) is 0 Å². The summed E-state index contributed by atoms with van der Waals surface area (Å²) in [4.78, 5) is 10.9. The fraction of sp³-hybridized carbons (Fsp3) is 0.316. The molecule has 2 unspecified atom stereocenters. The molecule has 124 valence electrons. The summed E-state index contributed by atoms with van der Waals surface area (Å²) in [5.74, 6) is -0.0276. The molecule has 4 rings (SSSR count). The molecule has 0 saturated heterocycles. The minimum Gasteiger partial charge on any atom is -0.493 e. The van der Waals surface area contributed by atoms with Crippen LogP contribution >= 0.6 is 15.9 Å². The maximum Gasteiger partial charge on any atom is 0.304 e. The van der Waals surface area contributed by atoms with Crippen molar-refractivity contribution >= 4 is 27.6 Å². The molecule has 2 N–H and O–H groups in total. The number of hydrogen-bond donors (Lipinski definition) is 2. The van der Waals surface area contributed by atoms with E-state index in [2.05, 4.69) is 39.4 Å². The van der Waals surface area contributed by atoms with E-state index in [0.717, 1.165) is 29.8 Å². The fourth-order valence-electron chi connectivity index (χ4n) is 3.71. The van der Waals surface area contributed by atoms with Crippen molar-refractivity contribution < 1.29 is 14.6 Å². The minimum absolute atomic E-state index is 0.0466. The molecule has 0 aromatic heterocycles. The highest BCUT2D eigenvalue weighted by Gasteiger charge is 2.28. The highest BCUT2D eigenvalue weighted by atomic mass is 79.9. The minimum atomic E-state index is -0.785. The number of halogens is 1. The zero-order chi connectivity index (χ0) is 16.7. The van der Waals surface area contributed by atoms with Gasteiger partial charge in [0.15, 0.2) is 0 Å². The first-order valence-corrected chi connectivity index (χ1v) is 8.93. The van der Waals surface area contributed by atoms with Crippen LogP contribution in [0, 0.1) is 0 Å². The van der Waals surface area contributed by atoms with E-state index in [0.29, 0.717) is 12.6 Å². The molecule has 0 spiro atoms. The number of anilines is 1. The SMILES string of the molecule is O=C(O)CC1COc2cc(NC3CCc4c(Br)cccc43)ccc21. The van der Waals surface area contributed by atoms with Gasteiger partial charge < -0.3 is 15.2 Å². The Labute approximate surface area is 149 Å². The van der Waals surface area contributed by atoms with Crippen molar-refractivity contribution in [1.82, 2.24) is 0 Å². The third kappa shape index (κ3) is 2.77. The number of aliphatic carboxylic acids is 1. The maximum atomic E-state index is 10.9. The molecule has 2 aliphatic rings. The number of hydrogen-bond acceptors (Lipinski definition) is 3. The molecular weight excluding hydrogens is 370 g/mol. The van der Waals surface area contributed by atoms with Gasteiger partial charge in [-0.3, -0.25) is 4.79 Å². The number of fused-ring (bicyclic) bond motifs is 2. The predicted octanol–water partition coefficient (Wildman–Crippen LogP) is 4.50. The van der Waals surface area contributed by atoms with Crippen molar-refractivity contribution in [3.8, 4) is 5.75 Å². The molecule has 0 amide bonds. The Morgan fingerprint density at radius 3 is 3.00 bits per heavy atom. The molecule has 0 fully saturated rings. The normalized spacial score (nSPS) is 21.0. The van der Waals surface area contributed by atoms with Gasteiger partial charge in [0.25, 0.3) is 0 Å². The van der Waals surface area contributed by atoms with E-state index in [-0.39, 0.29) is 12.3 Å². The maximum absolute atomic E-state index is 10.9. The molecule has 4 nitrogen and oxygen atoms in total. The molecular formula is C19H18BrNO3. The van der Waals surface area contributed by atoms with Crippen molar-refractivity contribution in [3.63, 3.8) is 0 Å². The second-order valence-corrected chi connectivity index (χ2v) is 7.26. The summed E-state index contributed by atoms with van der Waals surface area (Å²) in [7, 11) is 0. The fourth-order valence-corrected chi connectivity index (χ4v) is 4.29. The van der Waals surface area contributed by atoms with Gasteiger partial charge in [-0.1, -0.05) is 34.1 Å². The third-order valence-electron chi connectivity index (χ3n) is 4.87. The second kappa shape index (κ2) is 6.13. The number of rotatable bonds is 4. The first kappa shape index (κ1) is 15.5. The monoisotopic (exact) mass is 387 g/mol. The Hall–Kier alpha value is -2.01. The van der Waals surface area contributed by atoms with Gasteiger partial charge in [0.2, 0.25) is 0 Å². The summed E-state index contributed by atoms with van der Waals surface area (Å²) >= 11 is 3.63. The second-order valence-electron chi connectivity index (χ2n) is 6.40. The van der Waals surface area contributed by atoms with E-state index >= 15 is 0 Å². The van der Waals surface area contributed by atoms with Crippen LogP contribution in [0.2, 0.25) is 0 Å². The molecule has 0 radical (unpaired) electrons. The van der Waals surface area contributed by atoms with E-state index in [1.165, 1.54) is 15.6 Å². The van der Waals surface area contributed by atoms with E-state index in [4.69, 9.17) is 9.84 Å². The summed E-state index contributed by atoms with van der Waals surface area (Å²) < 4.78 is 6.87. The lowest BCUT2D eigenvalue weighted by molar-refractivity contribution is -0.137. The van der Waals surface area contributed by atoms with Gasteiger partial charge in [0, 0.05) is 27.7 Å². The van der Waals surface area contributed by atoms with Crippen molar-refractivity contribution in [3.05, 3.63) is 57.6 Å². The number of ether oxygens (including phenoxy) is 1. The quantitative estimate of drug-likeness (QED) is 0.810. The molecule has 2 atom stereocenters. The van der Waals surface area contributed by atoms with Crippen LogP contribution in [0.4, 0.5) is 5.69 Å². The Morgan fingerprint density at radius 1 is 1.29 bits per heavy atom. The van der Waals surface area contributed by atoms with Gasteiger partial charge in [-0.05, 0) is 36.1 Å². The van der Waals surface area contributed by atoms with Gasteiger partial charge in [-0.15, -0.1) is 0 Å². The summed E-state index contributed by atoms with van der Waals surface area (Å²) in [6, 6.07) is 12.7. The molecule has 0 saturated carbocycles. The number of benzene rings is 2. The van der Waals surface area contributed by atoms with Crippen molar-refractivity contribution in [2.24, 2.45) is 0 Å². The Morgan fingerprint density at radius 2 is 2.17 bits per heavy atom. The highest BCUT2D eigenvalue weighted by molar-refractivity contribution is 9.10. The van der Waals surface area contributed by atoms with E-state index in [1.807, 2.05) is 18.2 Å². The van der Waals surface area contributed by atoms with Crippen LogP contribution in [-0.2, 0) is 11.2 Å². The molecule has 2 aromatic rings. The molecule has 1 aliphatic carbocycles. The summed E-state index contributed by atoms with van der Waals surface area (Å²) in [6.07, 6.45) is 2.25. The van der Waals surface area contributed by atoms with Crippen LogP contribution in [0.25, 0.3) is 0 Å².